The van der Waals surface area contributed by atoms with Gasteiger partial charge in [0.2, 0.25) is 0 Å². The molecule has 0 aliphatic carbocycles. The number of aldehydes is 2. The second kappa shape index (κ2) is 7.55. The van der Waals surface area contributed by atoms with E-state index >= 15 is 0 Å². The molecular formula is C26H26O2. The third-order valence-corrected chi connectivity index (χ3v) is 5.84. The van der Waals surface area contributed by atoms with Gasteiger partial charge in [-0.25, -0.2) is 0 Å². The van der Waals surface area contributed by atoms with Crippen LogP contribution in [0, 0.1) is 0 Å². The Morgan fingerprint density at radius 1 is 0.536 bits per heavy atom. The predicted molar refractivity (Wildman–Crippen MR) is 114 cm³/mol. The first-order valence-corrected chi connectivity index (χ1v) is 9.51. The Bertz CT molecular complexity index is 978. The van der Waals surface area contributed by atoms with Gasteiger partial charge in [0.15, 0.2) is 0 Å². The van der Waals surface area contributed by atoms with Crippen molar-refractivity contribution in [2.24, 2.45) is 0 Å². The van der Waals surface area contributed by atoms with E-state index in [0.717, 1.165) is 18.1 Å². The lowest BCUT2D eigenvalue weighted by molar-refractivity contribution is 0.111. The molecule has 0 amide bonds. The van der Waals surface area contributed by atoms with Gasteiger partial charge in [0, 0.05) is 22.0 Å². The maximum atomic E-state index is 11.1. The van der Waals surface area contributed by atoms with Gasteiger partial charge in [0.05, 0.1) is 0 Å². The van der Waals surface area contributed by atoms with Crippen molar-refractivity contribution < 1.29 is 9.59 Å². The molecule has 0 saturated carbocycles. The first-order valence-electron chi connectivity index (χ1n) is 9.51. The second-order valence-corrected chi connectivity index (χ2v) is 8.31. The van der Waals surface area contributed by atoms with E-state index in [0.29, 0.717) is 11.1 Å². The molecule has 3 rings (SSSR count). The molecule has 0 aliphatic heterocycles. The maximum absolute atomic E-state index is 11.1. The Morgan fingerprint density at radius 2 is 0.964 bits per heavy atom. The van der Waals surface area contributed by atoms with Crippen LogP contribution in [-0.4, -0.2) is 12.6 Å². The molecular weight excluding hydrogens is 344 g/mol. The van der Waals surface area contributed by atoms with E-state index in [1.54, 1.807) is 0 Å². The molecule has 2 nitrogen and oxygen atoms in total. The lowest BCUT2D eigenvalue weighted by Gasteiger charge is -2.29. The molecule has 0 fully saturated rings. The number of hydrogen-bond donors (Lipinski definition) is 0. The van der Waals surface area contributed by atoms with Crippen molar-refractivity contribution in [3.05, 3.63) is 106 Å². The van der Waals surface area contributed by atoms with Crippen molar-refractivity contribution in [3.63, 3.8) is 0 Å². The minimum Gasteiger partial charge on any atom is -0.298 e. The molecule has 0 aliphatic rings. The van der Waals surface area contributed by atoms with Crippen molar-refractivity contribution in [1.29, 1.82) is 0 Å². The largest absolute Gasteiger partial charge is 0.298 e. The van der Waals surface area contributed by atoms with Crippen LogP contribution >= 0.6 is 0 Å². The van der Waals surface area contributed by atoms with Crippen LogP contribution in [0.5, 0.6) is 0 Å². The Balaban J connectivity index is 1.93. The molecule has 0 unspecified atom stereocenters. The molecule has 0 heterocycles. The van der Waals surface area contributed by atoms with E-state index in [4.69, 9.17) is 0 Å². The van der Waals surface area contributed by atoms with Crippen LogP contribution in [0.25, 0.3) is 0 Å². The fourth-order valence-corrected chi connectivity index (χ4v) is 3.62. The molecule has 142 valence electrons. The van der Waals surface area contributed by atoms with E-state index in [1.807, 2.05) is 42.5 Å². The highest BCUT2D eigenvalue weighted by molar-refractivity contribution is 5.75. The normalized spacial score (nSPS) is 11.9. The summed E-state index contributed by atoms with van der Waals surface area (Å²) < 4.78 is 0. The molecule has 0 spiro atoms. The monoisotopic (exact) mass is 370 g/mol. The van der Waals surface area contributed by atoms with Crippen molar-refractivity contribution in [1.82, 2.24) is 0 Å². The molecule has 0 radical (unpaired) electrons. The zero-order valence-corrected chi connectivity index (χ0v) is 16.9. The molecule has 0 atom stereocenters. The number of hydrogen-bond acceptors (Lipinski definition) is 2. The van der Waals surface area contributed by atoms with Crippen molar-refractivity contribution >= 4 is 12.6 Å². The molecule has 0 bridgehead atoms. The van der Waals surface area contributed by atoms with Gasteiger partial charge in [-0.15, -0.1) is 0 Å². The summed E-state index contributed by atoms with van der Waals surface area (Å²) in [5, 5.41) is 0. The number of carbonyl (C=O) groups excluding carboxylic acids is 2. The van der Waals surface area contributed by atoms with Gasteiger partial charge >= 0.3 is 0 Å². The summed E-state index contributed by atoms with van der Waals surface area (Å²) >= 11 is 0. The smallest absolute Gasteiger partial charge is 0.150 e. The molecule has 28 heavy (non-hydrogen) atoms. The van der Waals surface area contributed by atoms with Crippen molar-refractivity contribution in [2.45, 2.75) is 38.5 Å². The number of carbonyl (C=O) groups is 2. The topological polar surface area (TPSA) is 34.1 Å². The lowest BCUT2D eigenvalue weighted by Crippen LogP contribution is -2.21. The summed E-state index contributed by atoms with van der Waals surface area (Å²) in [4.78, 5) is 22.0. The number of rotatable bonds is 6. The van der Waals surface area contributed by atoms with E-state index in [1.165, 1.54) is 16.7 Å². The summed E-state index contributed by atoms with van der Waals surface area (Å²) in [6.45, 7) is 8.73. The first kappa shape index (κ1) is 19.8. The quantitative estimate of drug-likeness (QED) is 0.501. The molecule has 3 aromatic rings. The summed E-state index contributed by atoms with van der Waals surface area (Å²) in [5.41, 5.74) is 5.72. The second-order valence-electron chi connectivity index (χ2n) is 8.31. The summed E-state index contributed by atoms with van der Waals surface area (Å²) in [6.07, 6.45) is 1.76. The Morgan fingerprint density at radius 3 is 1.43 bits per heavy atom. The standard InChI is InChI=1S/C26H26O2/c1-25(2,21-10-8-19(17-27)9-11-21)22-12-14-23(15-13-22)26(3,4)24-7-5-6-20(16-24)18-28/h5-18H,1-4H3. The molecule has 0 N–H and O–H groups in total. The Labute approximate surface area is 167 Å². The fourth-order valence-electron chi connectivity index (χ4n) is 3.62. The third-order valence-electron chi connectivity index (χ3n) is 5.84. The first-order chi connectivity index (χ1) is 13.3. The lowest BCUT2D eigenvalue weighted by atomic mass is 9.74. The van der Waals surface area contributed by atoms with Gasteiger partial charge in [-0.2, -0.15) is 0 Å². The maximum Gasteiger partial charge on any atom is 0.150 e. The highest BCUT2D eigenvalue weighted by Crippen LogP contribution is 2.35. The Kier molecular flexibility index (Phi) is 5.33. The van der Waals surface area contributed by atoms with E-state index in [2.05, 4.69) is 58.0 Å². The van der Waals surface area contributed by atoms with Gasteiger partial charge in [0.25, 0.3) is 0 Å². The van der Waals surface area contributed by atoms with Crippen LogP contribution in [0.4, 0.5) is 0 Å². The van der Waals surface area contributed by atoms with Crippen LogP contribution in [0.15, 0.2) is 72.8 Å². The number of benzene rings is 3. The molecule has 3 aromatic carbocycles. The van der Waals surface area contributed by atoms with Gasteiger partial charge < -0.3 is 0 Å². The minimum atomic E-state index is -0.201. The average molecular weight is 370 g/mol. The van der Waals surface area contributed by atoms with Gasteiger partial charge in [-0.3, -0.25) is 9.59 Å². The van der Waals surface area contributed by atoms with Crippen LogP contribution in [0.1, 0.15) is 70.7 Å². The average Bonchev–Trinajstić information content (AvgIpc) is 2.74. The van der Waals surface area contributed by atoms with Crippen molar-refractivity contribution in [2.75, 3.05) is 0 Å². The predicted octanol–water partition coefficient (Wildman–Crippen LogP) is 5.96. The fraction of sp³-hybridized carbons (Fsp3) is 0.231. The third kappa shape index (κ3) is 3.68. The van der Waals surface area contributed by atoms with E-state index in [9.17, 15) is 9.59 Å². The highest BCUT2D eigenvalue weighted by Gasteiger charge is 2.26. The zero-order chi connectivity index (χ0) is 20.4. The molecule has 0 aromatic heterocycles. The summed E-state index contributed by atoms with van der Waals surface area (Å²) in [6, 6.07) is 24.2. The zero-order valence-electron chi connectivity index (χ0n) is 16.9. The minimum absolute atomic E-state index is 0.165. The van der Waals surface area contributed by atoms with Crippen LogP contribution in [0.3, 0.4) is 0 Å². The van der Waals surface area contributed by atoms with E-state index < -0.39 is 0 Å². The van der Waals surface area contributed by atoms with Gasteiger partial charge in [-0.1, -0.05) is 94.4 Å². The summed E-state index contributed by atoms with van der Waals surface area (Å²) in [7, 11) is 0. The van der Waals surface area contributed by atoms with Crippen molar-refractivity contribution in [3.8, 4) is 0 Å². The van der Waals surface area contributed by atoms with Crippen LogP contribution in [-0.2, 0) is 10.8 Å². The van der Waals surface area contributed by atoms with E-state index in [-0.39, 0.29) is 10.8 Å². The van der Waals surface area contributed by atoms with Gasteiger partial charge in [-0.05, 0) is 28.3 Å². The Hall–Kier alpha value is -3.00. The van der Waals surface area contributed by atoms with Crippen LogP contribution in [0.2, 0.25) is 0 Å². The highest BCUT2D eigenvalue weighted by atomic mass is 16.1. The van der Waals surface area contributed by atoms with Crippen LogP contribution < -0.4 is 0 Å². The van der Waals surface area contributed by atoms with Gasteiger partial charge in [0.1, 0.15) is 12.6 Å². The SMILES string of the molecule is CC(C)(c1ccc(C=O)cc1)c1ccc(C(C)(C)c2cccc(C=O)c2)cc1. The molecule has 0 saturated heterocycles. The molecule has 2 heteroatoms. The summed E-state index contributed by atoms with van der Waals surface area (Å²) in [5.74, 6) is 0.